The number of esters is 2. The lowest BCUT2D eigenvalue weighted by molar-refractivity contribution is -0.161. The summed E-state index contributed by atoms with van der Waals surface area (Å²) in [5.41, 5.74) is -0.491. The first-order chi connectivity index (χ1) is 8.33. The van der Waals surface area contributed by atoms with Crippen molar-refractivity contribution in [1.29, 1.82) is 0 Å². The summed E-state index contributed by atoms with van der Waals surface area (Å²) >= 11 is 0. The van der Waals surface area contributed by atoms with Crippen LogP contribution in [0.15, 0.2) is 0 Å². The number of nitrogens with zero attached hydrogens (tertiary/aromatic N) is 1. The summed E-state index contributed by atoms with van der Waals surface area (Å²) in [7, 11) is 0. The van der Waals surface area contributed by atoms with E-state index in [9.17, 15) is 9.59 Å². The average Bonchev–Trinajstić information content (AvgIpc) is 2.63. The summed E-state index contributed by atoms with van der Waals surface area (Å²) in [5, 5.41) is 0. The van der Waals surface area contributed by atoms with E-state index >= 15 is 0 Å². The van der Waals surface area contributed by atoms with Gasteiger partial charge in [-0.3, -0.25) is 14.5 Å². The molecule has 1 aliphatic heterocycles. The lowest BCUT2D eigenvalue weighted by Gasteiger charge is -2.26. The lowest BCUT2D eigenvalue weighted by Crippen LogP contribution is -2.43. The maximum absolute atomic E-state index is 12.0. The summed E-state index contributed by atoms with van der Waals surface area (Å²) < 4.78 is 10.3. The van der Waals surface area contributed by atoms with Crippen LogP contribution in [-0.2, 0) is 19.1 Å². The molecule has 0 aromatic rings. The summed E-state index contributed by atoms with van der Waals surface area (Å²) in [6.45, 7) is 8.57. The van der Waals surface area contributed by atoms with E-state index in [-0.39, 0.29) is 24.5 Å². The number of hydrogen-bond donors (Lipinski definition) is 0. The molecule has 0 radical (unpaired) electrons. The predicted molar refractivity (Wildman–Crippen MR) is 67.1 cm³/mol. The van der Waals surface area contributed by atoms with Crippen LogP contribution in [0, 0.1) is 0 Å². The molecule has 104 valence electrons. The van der Waals surface area contributed by atoms with Crippen LogP contribution in [-0.4, -0.2) is 48.2 Å². The Morgan fingerprint density at radius 2 is 2.00 bits per heavy atom. The maximum atomic E-state index is 12.0. The fourth-order valence-corrected chi connectivity index (χ4v) is 2.02. The second-order valence-corrected chi connectivity index (χ2v) is 5.47. The van der Waals surface area contributed by atoms with Gasteiger partial charge < -0.3 is 9.47 Å². The molecule has 0 aliphatic carbocycles. The Morgan fingerprint density at radius 1 is 1.33 bits per heavy atom. The molecule has 18 heavy (non-hydrogen) atoms. The van der Waals surface area contributed by atoms with Crippen molar-refractivity contribution < 1.29 is 19.1 Å². The van der Waals surface area contributed by atoms with E-state index in [2.05, 4.69) is 0 Å². The normalized spacial score (nSPS) is 20.8. The Balaban J connectivity index is 2.54. The quantitative estimate of drug-likeness (QED) is 0.712. The van der Waals surface area contributed by atoms with Crippen molar-refractivity contribution >= 4 is 11.9 Å². The number of hydrogen-bond acceptors (Lipinski definition) is 5. The molecule has 1 rings (SSSR count). The first-order valence-electron chi connectivity index (χ1n) is 6.46. The predicted octanol–water partition coefficient (Wildman–Crippen LogP) is 1.36. The number of ether oxygens (including phenoxy) is 2. The van der Waals surface area contributed by atoms with Gasteiger partial charge in [-0.25, -0.2) is 0 Å². The average molecular weight is 257 g/mol. The molecule has 1 atom stereocenters. The molecule has 0 unspecified atom stereocenters. The van der Waals surface area contributed by atoms with Crippen LogP contribution in [0.3, 0.4) is 0 Å². The van der Waals surface area contributed by atoms with Gasteiger partial charge in [-0.05, 0) is 47.1 Å². The summed E-state index contributed by atoms with van der Waals surface area (Å²) in [4.78, 5) is 25.3. The molecule has 5 heteroatoms. The zero-order valence-corrected chi connectivity index (χ0v) is 11.7. The van der Waals surface area contributed by atoms with Gasteiger partial charge in [0, 0.05) is 0 Å². The van der Waals surface area contributed by atoms with Crippen LogP contribution in [0.25, 0.3) is 0 Å². The first kappa shape index (κ1) is 15.0. The van der Waals surface area contributed by atoms with Gasteiger partial charge in [-0.1, -0.05) is 0 Å². The Labute approximate surface area is 108 Å². The SMILES string of the molecule is CCOC(=O)CN1CCC[C@@H]1C(=O)OC(C)(C)C. The zero-order chi connectivity index (χ0) is 13.8. The fourth-order valence-electron chi connectivity index (χ4n) is 2.02. The van der Waals surface area contributed by atoms with Gasteiger partial charge in [-0.15, -0.1) is 0 Å². The smallest absolute Gasteiger partial charge is 0.323 e. The summed E-state index contributed by atoms with van der Waals surface area (Å²) in [6.07, 6.45) is 1.65. The van der Waals surface area contributed by atoms with Crippen LogP contribution < -0.4 is 0 Å². The molecule has 5 nitrogen and oxygen atoms in total. The minimum Gasteiger partial charge on any atom is -0.465 e. The van der Waals surface area contributed by atoms with Gasteiger partial charge in [0.05, 0.1) is 13.2 Å². The van der Waals surface area contributed by atoms with Gasteiger partial charge >= 0.3 is 11.9 Å². The van der Waals surface area contributed by atoms with Crippen molar-refractivity contribution in [2.24, 2.45) is 0 Å². The minimum absolute atomic E-state index is 0.164. The van der Waals surface area contributed by atoms with Crippen molar-refractivity contribution in [1.82, 2.24) is 4.90 Å². The van der Waals surface area contributed by atoms with E-state index in [0.717, 1.165) is 19.4 Å². The van der Waals surface area contributed by atoms with E-state index in [1.165, 1.54) is 0 Å². The fraction of sp³-hybridized carbons (Fsp3) is 0.846. The van der Waals surface area contributed by atoms with E-state index in [1.807, 2.05) is 25.7 Å². The molecule has 0 N–H and O–H groups in total. The van der Waals surface area contributed by atoms with E-state index in [1.54, 1.807) is 6.92 Å². The third-order valence-electron chi connectivity index (χ3n) is 2.68. The molecular weight excluding hydrogens is 234 g/mol. The van der Waals surface area contributed by atoms with Crippen LogP contribution >= 0.6 is 0 Å². The van der Waals surface area contributed by atoms with Crippen LogP contribution in [0.2, 0.25) is 0 Å². The van der Waals surface area contributed by atoms with Gasteiger partial charge in [0.2, 0.25) is 0 Å². The summed E-state index contributed by atoms with van der Waals surface area (Å²) in [5.74, 6) is -0.530. The highest BCUT2D eigenvalue weighted by Crippen LogP contribution is 2.20. The Kier molecular flexibility index (Phi) is 5.14. The molecule has 0 bridgehead atoms. The third kappa shape index (κ3) is 4.64. The highest BCUT2D eigenvalue weighted by atomic mass is 16.6. The molecule has 0 aromatic heterocycles. The largest absolute Gasteiger partial charge is 0.465 e. The third-order valence-corrected chi connectivity index (χ3v) is 2.68. The molecule has 1 heterocycles. The van der Waals surface area contributed by atoms with Gasteiger partial charge in [0.25, 0.3) is 0 Å². The molecule has 0 spiro atoms. The molecular formula is C13H23NO4. The minimum atomic E-state index is -0.491. The van der Waals surface area contributed by atoms with Crippen LogP contribution in [0.1, 0.15) is 40.5 Å². The second kappa shape index (κ2) is 6.18. The van der Waals surface area contributed by atoms with Crippen molar-refractivity contribution in [3.05, 3.63) is 0 Å². The number of rotatable bonds is 4. The van der Waals surface area contributed by atoms with Crippen molar-refractivity contribution in [2.45, 2.75) is 52.2 Å². The van der Waals surface area contributed by atoms with Gasteiger partial charge in [0.15, 0.2) is 0 Å². The molecule has 0 aromatic carbocycles. The standard InChI is InChI=1S/C13H23NO4/c1-5-17-11(15)9-14-8-6-7-10(14)12(16)18-13(2,3)4/h10H,5-9H2,1-4H3/t10-/m1/s1. The monoisotopic (exact) mass is 257 g/mol. The number of carbonyl (C=O) groups excluding carboxylic acids is 2. The molecule has 1 aliphatic rings. The van der Waals surface area contributed by atoms with E-state index < -0.39 is 5.60 Å². The van der Waals surface area contributed by atoms with Crippen LogP contribution in [0.5, 0.6) is 0 Å². The molecule has 0 saturated carbocycles. The Hall–Kier alpha value is -1.10. The number of likely N-dealkylation sites (tertiary alicyclic amines) is 1. The number of carbonyl (C=O) groups is 2. The molecule has 0 amide bonds. The lowest BCUT2D eigenvalue weighted by atomic mass is 10.1. The zero-order valence-electron chi connectivity index (χ0n) is 11.7. The van der Waals surface area contributed by atoms with Crippen LogP contribution in [0.4, 0.5) is 0 Å². The van der Waals surface area contributed by atoms with Crippen molar-refractivity contribution in [3.8, 4) is 0 Å². The highest BCUT2D eigenvalue weighted by Gasteiger charge is 2.35. The topological polar surface area (TPSA) is 55.8 Å². The maximum Gasteiger partial charge on any atom is 0.323 e. The van der Waals surface area contributed by atoms with E-state index in [4.69, 9.17) is 9.47 Å². The highest BCUT2D eigenvalue weighted by molar-refractivity contribution is 5.78. The summed E-state index contributed by atoms with van der Waals surface area (Å²) in [6, 6.07) is -0.311. The second-order valence-electron chi connectivity index (χ2n) is 5.47. The van der Waals surface area contributed by atoms with Crippen molar-refractivity contribution in [2.75, 3.05) is 19.7 Å². The molecule has 1 fully saturated rings. The first-order valence-corrected chi connectivity index (χ1v) is 6.46. The van der Waals surface area contributed by atoms with Gasteiger partial charge in [-0.2, -0.15) is 0 Å². The van der Waals surface area contributed by atoms with Crippen molar-refractivity contribution in [3.63, 3.8) is 0 Å². The van der Waals surface area contributed by atoms with Gasteiger partial charge in [0.1, 0.15) is 11.6 Å². The Bertz CT molecular complexity index is 309. The van der Waals surface area contributed by atoms with E-state index in [0.29, 0.717) is 6.61 Å². The Morgan fingerprint density at radius 3 is 2.56 bits per heavy atom. The molecule has 1 saturated heterocycles.